The van der Waals surface area contributed by atoms with Crippen LogP contribution in [0.3, 0.4) is 0 Å². The summed E-state index contributed by atoms with van der Waals surface area (Å²) in [6.45, 7) is 0.696. The molecule has 1 amide bonds. The van der Waals surface area contributed by atoms with Crippen LogP contribution in [0.25, 0.3) is 0 Å². The summed E-state index contributed by atoms with van der Waals surface area (Å²) in [5.41, 5.74) is 0.372. The summed E-state index contributed by atoms with van der Waals surface area (Å²) in [5.74, 6) is -0.0253. The third-order valence-corrected chi connectivity index (χ3v) is 2.83. The third kappa shape index (κ3) is 1.84. The second kappa shape index (κ2) is 4.29. The van der Waals surface area contributed by atoms with Crippen molar-refractivity contribution in [1.29, 1.82) is 0 Å². The van der Waals surface area contributed by atoms with Crippen LogP contribution >= 0.6 is 15.9 Å². The Bertz CT molecular complexity index is 438. The van der Waals surface area contributed by atoms with Gasteiger partial charge in [-0.1, -0.05) is 0 Å². The van der Waals surface area contributed by atoms with Crippen LogP contribution in [0.5, 0.6) is 5.75 Å². The van der Waals surface area contributed by atoms with Gasteiger partial charge in [-0.2, -0.15) is 0 Å². The highest BCUT2D eigenvalue weighted by atomic mass is 79.9. The number of halogens is 2. The molecule has 0 radical (unpaired) electrons. The lowest BCUT2D eigenvalue weighted by molar-refractivity contribution is 0.181. The second-order valence-corrected chi connectivity index (χ2v) is 4.06. The summed E-state index contributed by atoms with van der Waals surface area (Å²) >= 11 is 3.18. The van der Waals surface area contributed by atoms with Crippen molar-refractivity contribution in [1.82, 2.24) is 0 Å². The predicted octanol–water partition coefficient (Wildman–Crippen LogP) is 2.55. The molecule has 1 aromatic rings. The van der Waals surface area contributed by atoms with Crippen molar-refractivity contribution in [2.75, 3.05) is 25.2 Å². The average Bonchev–Trinajstić information content (AvgIpc) is 2.63. The molecule has 0 aliphatic carbocycles. The first kappa shape index (κ1) is 11.2. The molecule has 0 atom stereocenters. The number of cyclic esters (lactones) is 1. The van der Waals surface area contributed by atoms with Gasteiger partial charge in [-0.05, 0) is 22.0 Å². The number of nitrogens with zero attached hydrogens (tertiary/aromatic N) is 1. The molecule has 4 nitrogen and oxygen atoms in total. The maximum Gasteiger partial charge on any atom is 0.414 e. The highest BCUT2D eigenvalue weighted by Crippen LogP contribution is 2.37. The van der Waals surface area contributed by atoms with Gasteiger partial charge in [0, 0.05) is 6.07 Å². The summed E-state index contributed by atoms with van der Waals surface area (Å²) in [4.78, 5) is 12.7. The molecule has 0 bridgehead atoms. The number of amides is 1. The van der Waals surface area contributed by atoms with Crippen molar-refractivity contribution in [2.24, 2.45) is 0 Å². The van der Waals surface area contributed by atoms with E-state index in [4.69, 9.17) is 9.47 Å². The molecule has 0 spiro atoms. The molecule has 0 aromatic heterocycles. The topological polar surface area (TPSA) is 38.8 Å². The van der Waals surface area contributed by atoms with E-state index >= 15 is 0 Å². The highest BCUT2D eigenvalue weighted by Gasteiger charge is 2.27. The lowest BCUT2D eigenvalue weighted by atomic mass is 10.2. The number of carbonyl (C=O) groups excluding carboxylic acids is 1. The Kier molecular flexibility index (Phi) is 3.00. The summed E-state index contributed by atoms with van der Waals surface area (Å²) in [5, 5.41) is 0. The summed E-state index contributed by atoms with van der Waals surface area (Å²) < 4.78 is 23.6. The largest absolute Gasteiger partial charge is 0.493 e. The van der Waals surface area contributed by atoms with Crippen LogP contribution in [0.15, 0.2) is 16.6 Å². The smallest absolute Gasteiger partial charge is 0.414 e. The molecule has 16 heavy (non-hydrogen) atoms. The lowest BCUT2D eigenvalue weighted by Crippen LogP contribution is -2.24. The molecule has 0 saturated carbocycles. The van der Waals surface area contributed by atoms with Crippen LogP contribution in [0.2, 0.25) is 0 Å². The Morgan fingerprint density at radius 3 is 2.88 bits per heavy atom. The molecule has 0 unspecified atom stereocenters. The van der Waals surface area contributed by atoms with E-state index in [1.165, 1.54) is 24.1 Å². The van der Waals surface area contributed by atoms with E-state index in [-0.39, 0.29) is 0 Å². The Hall–Kier alpha value is -1.30. The number of methoxy groups -OCH3 is 1. The van der Waals surface area contributed by atoms with Gasteiger partial charge in [0.1, 0.15) is 12.4 Å². The zero-order chi connectivity index (χ0) is 11.7. The van der Waals surface area contributed by atoms with Gasteiger partial charge in [0.05, 0.1) is 23.8 Å². The first-order valence-electron chi connectivity index (χ1n) is 4.61. The van der Waals surface area contributed by atoms with Gasteiger partial charge < -0.3 is 9.47 Å². The first-order chi connectivity index (χ1) is 7.63. The van der Waals surface area contributed by atoms with Gasteiger partial charge in [0.15, 0.2) is 5.75 Å². The first-order valence-corrected chi connectivity index (χ1v) is 5.40. The third-order valence-electron chi connectivity index (χ3n) is 2.24. The Labute approximate surface area is 100 Å². The van der Waals surface area contributed by atoms with Crippen LogP contribution in [0, 0.1) is 5.82 Å². The number of carbonyl (C=O) groups is 1. The standard InChI is InChI=1S/C10H9BrFNO3/c1-15-9-7(11)4-6(12)5-8(9)13-2-3-16-10(13)14/h4-5H,2-3H2,1H3. The van der Waals surface area contributed by atoms with E-state index in [2.05, 4.69) is 15.9 Å². The van der Waals surface area contributed by atoms with E-state index in [0.29, 0.717) is 29.1 Å². The highest BCUT2D eigenvalue weighted by molar-refractivity contribution is 9.10. The van der Waals surface area contributed by atoms with Gasteiger partial charge in [-0.3, -0.25) is 4.90 Å². The van der Waals surface area contributed by atoms with Crippen LogP contribution in [0.4, 0.5) is 14.9 Å². The minimum Gasteiger partial charge on any atom is -0.493 e. The van der Waals surface area contributed by atoms with Gasteiger partial charge in [0.2, 0.25) is 0 Å². The normalized spacial score (nSPS) is 15.2. The van der Waals surface area contributed by atoms with Crippen molar-refractivity contribution in [3.8, 4) is 5.75 Å². The predicted molar refractivity (Wildman–Crippen MR) is 59.3 cm³/mol. The maximum absolute atomic E-state index is 13.3. The van der Waals surface area contributed by atoms with E-state index in [1.54, 1.807) is 0 Å². The summed E-state index contributed by atoms with van der Waals surface area (Å²) in [7, 11) is 1.46. The molecule has 0 N–H and O–H groups in total. The lowest BCUT2D eigenvalue weighted by Gasteiger charge is -2.17. The summed E-state index contributed by atoms with van der Waals surface area (Å²) in [6.07, 6.45) is -0.490. The minimum absolute atomic E-state index is 0.302. The van der Waals surface area contributed by atoms with E-state index in [1.807, 2.05) is 0 Å². The number of anilines is 1. The molecule has 1 heterocycles. The zero-order valence-electron chi connectivity index (χ0n) is 8.50. The fourth-order valence-electron chi connectivity index (χ4n) is 1.56. The van der Waals surface area contributed by atoms with Crippen molar-refractivity contribution in [2.45, 2.75) is 0 Å². The van der Waals surface area contributed by atoms with E-state index in [9.17, 15) is 9.18 Å². The van der Waals surface area contributed by atoms with Crippen molar-refractivity contribution >= 4 is 27.7 Å². The van der Waals surface area contributed by atoms with Crippen molar-refractivity contribution in [3.05, 3.63) is 22.4 Å². The van der Waals surface area contributed by atoms with Crippen molar-refractivity contribution < 1.29 is 18.7 Å². The number of benzene rings is 1. The second-order valence-electron chi connectivity index (χ2n) is 3.21. The van der Waals surface area contributed by atoms with Gasteiger partial charge in [-0.25, -0.2) is 9.18 Å². The molecule has 1 aromatic carbocycles. The van der Waals surface area contributed by atoms with Gasteiger partial charge in [0.25, 0.3) is 0 Å². The molecular weight excluding hydrogens is 281 g/mol. The van der Waals surface area contributed by atoms with Gasteiger partial charge >= 0.3 is 6.09 Å². The van der Waals surface area contributed by atoms with E-state index < -0.39 is 11.9 Å². The van der Waals surface area contributed by atoms with Crippen LogP contribution in [-0.4, -0.2) is 26.4 Å². The van der Waals surface area contributed by atoms with Crippen LogP contribution < -0.4 is 9.64 Å². The summed E-state index contributed by atoms with van der Waals surface area (Å²) in [6, 6.07) is 2.53. The Morgan fingerprint density at radius 2 is 2.31 bits per heavy atom. The minimum atomic E-state index is -0.490. The molecular formula is C10H9BrFNO3. The average molecular weight is 290 g/mol. The molecule has 1 aliphatic heterocycles. The number of ether oxygens (including phenoxy) is 2. The fourth-order valence-corrected chi connectivity index (χ4v) is 2.15. The monoisotopic (exact) mass is 289 g/mol. The number of hydrogen-bond donors (Lipinski definition) is 0. The molecule has 6 heteroatoms. The Morgan fingerprint density at radius 1 is 1.56 bits per heavy atom. The Balaban J connectivity index is 2.49. The maximum atomic E-state index is 13.3. The van der Waals surface area contributed by atoms with E-state index in [0.717, 1.165) is 0 Å². The number of rotatable bonds is 2. The molecule has 2 rings (SSSR count). The van der Waals surface area contributed by atoms with Crippen LogP contribution in [0.1, 0.15) is 0 Å². The molecule has 86 valence electrons. The zero-order valence-corrected chi connectivity index (χ0v) is 10.1. The van der Waals surface area contributed by atoms with Crippen molar-refractivity contribution in [3.63, 3.8) is 0 Å². The number of hydrogen-bond acceptors (Lipinski definition) is 3. The molecule has 1 aliphatic rings. The SMILES string of the molecule is COc1c(Br)cc(F)cc1N1CCOC1=O. The molecule has 1 fully saturated rings. The fraction of sp³-hybridized carbons (Fsp3) is 0.300. The van der Waals surface area contributed by atoms with Crippen LogP contribution in [-0.2, 0) is 4.74 Å². The molecule has 1 saturated heterocycles. The quantitative estimate of drug-likeness (QED) is 0.840. The van der Waals surface area contributed by atoms with Gasteiger partial charge in [-0.15, -0.1) is 0 Å².